The number of amidine groups is 2. The molecular formula is C5H6FeN3. The van der Waals surface area contributed by atoms with Crippen LogP contribution < -0.4 is 5.32 Å². The Labute approximate surface area is 61.4 Å². The predicted octanol–water partition coefficient (Wildman–Crippen LogP) is 0.436. The van der Waals surface area contributed by atoms with E-state index in [-0.39, 0.29) is 10.7 Å². The second kappa shape index (κ2) is 2.33. The average molecular weight is 164 g/mol. The molecule has 0 aliphatic carbocycles. The van der Waals surface area contributed by atoms with Crippen LogP contribution in [0.4, 0.5) is 0 Å². The van der Waals surface area contributed by atoms with Crippen molar-refractivity contribution in [2.75, 3.05) is 0 Å². The standard InChI is InChI=1S/C5H6N3.Fe/c6-4-2-1-3-5(7)8-4;/h1-3H,(H3,6,7,8);. The molecule has 0 spiro atoms. The third kappa shape index (κ3) is 1.40. The van der Waals surface area contributed by atoms with Crippen molar-refractivity contribution in [3.8, 4) is 0 Å². The van der Waals surface area contributed by atoms with E-state index in [0.29, 0.717) is 5.84 Å². The number of hydrogen-bond acceptors (Lipinski definition) is 2. The van der Waals surface area contributed by atoms with E-state index in [2.05, 4.69) is 21.3 Å². The van der Waals surface area contributed by atoms with Gasteiger partial charge in [-0.15, -0.1) is 0 Å². The van der Waals surface area contributed by atoms with Gasteiger partial charge < -0.3 is 0 Å². The van der Waals surface area contributed by atoms with Crippen LogP contribution in [0.3, 0.4) is 0 Å². The summed E-state index contributed by atoms with van der Waals surface area (Å²) in [6, 6.07) is 0. The Morgan fingerprint density at radius 3 is 2.67 bits per heavy atom. The maximum absolute atomic E-state index is 7.16. The van der Waals surface area contributed by atoms with Crippen molar-refractivity contribution >= 4 is 11.7 Å². The Morgan fingerprint density at radius 2 is 2.22 bits per heavy atom. The summed E-state index contributed by atoms with van der Waals surface area (Å²) in [4.78, 5) is -0.112. The molecule has 3 nitrogen and oxygen atoms in total. The molecule has 1 heterocycles. The Morgan fingerprint density at radius 1 is 1.56 bits per heavy atom. The quantitative estimate of drug-likeness (QED) is 0.447. The first-order valence-corrected chi connectivity index (χ1v) is 3.09. The molecule has 0 amide bonds. The maximum atomic E-state index is 7.16. The first-order valence-electron chi connectivity index (χ1n) is 2.45. The molecule has 1 unspecified atom stereocenters. The van der Waals surface area contributed by atoms with E-state index >= 15 is 0 Å². The van der Waals surface area contributed by atoms with E-state index in [1.54, 1.807) is 12.2 Å². The average Bonchev–Trinajstić information content (AvgIpc) is 1.80. The van der Waals surface area contributed by atoms with Gasteiger partial charge in [-0.05, 0) is 0 Å². The summed E-state index contributed by atoms with van der Waals surface area (Å²) in [5, 5.41) is 16.7. The van der Waals surface area contributed by atoms with Crippen LogP contribution >= 0.6 is 0 Å². The minimum atomic E-state index is -0.112. The van der Waals surface area contributed by atoms with E-state index in [9.17, 15) is 0 Å². The summed E-state index contributed by atoms with van der Waals surface area (Å²) in [5.41, 5.74) is 0. The van der Waals surface area contributed by atoms with Crippen LogP contribution in [-0.2, 0) is 16.0 Å². The van der Waals surface area contributed by atoms with Gasteiger partial charge in [0.15, 0.2) is 0 Å². The number of hydrogen-bond donors (Lipinski definition) is 3. The summed E-state index contributed by atoms with van der Waals surface area (Å²) in [7, 11) is 0. The SMILES string of the molecule is N=C1C=C[CH]([Fe])C(=N)N1. The second-order valence-electron chi connectivity index (χ2n) is 1.70. The molecule has 0 bridgehead atoms. The zero-order valence-corrected chi connectivity index (χ0v) is 5.69. The van der Waals surface area contributed by atoms with Crippen molar-refractivity contribution in [2.24, 2.45) is 0 Å². The van der Waals surface area contributed by atoms with Gasteiger partial charge in [0.25, 0.3) is 0 Å². The normalized spacial score (nSPS) is 26.1. The first kappa shape index (κ1) is 6.52. The molecule has 0 saturated heterocycles. The van der Waals surface area contributed by atoms with Crippen LogP contribution in [-0.4, -0.2) is 11.7 Å². The zero-order valence-electron chi connectivity index (χ0n) is 4.59. The fourth-order valence-corrected chi connectivity index (χ4v) is 0.714. The van der Waals surface area contributed by atoms with Gasteiger partial charge in [-0.2, -0.15) is 0 Å². The molecule has 0 saturated carbocycles. The molecule has 0 aromatic carbocycles. The predicted molar refractivity (Wildman–Crippen MR) is 31.5 cm³/mol. The van der Waals surface area contributed by atoms with Gasteiger partial charge in [0.1, 0.15) is 0 Å². The molecule has 1 aliphatic rings. The first-order chi connectivity index (χ1) is 4.20. The number of rotatable bonds is 0. The minimum absolute atomic E-state index is 0.112. The summed E-state index contributed by atoms with van der Waals surface area (Å²) in [6.07, 6.45) is 3.33. The monoisotopic (exact) mass is 164 g/mol. The van der Waals surface area contributed by atoms with Gasteiger partial charge in [-0.25, -0.2) is 0 Å². The molecule has 9 heavy (non-hydrogen) atoms. The Bertz CT molecular complexity index is 185. The fourth-order valence-electron chi connectivity index (χ4n) is 0.529. The Hall–Kier alpha value is -0.601. The van der Waals surface area contributed by atoms with Gasteiger partial charge >= 0.3 is 60.8 Å². The van der Waals surface area contributed by atoms with Crippen LogP contribution in [0.25, 0.3) is 0 Å². The summed E-state index contributed by atoms with van der Waals surface area (Å²) < 4.78 is 0. The van der Waals surface area contributed by atoms with Gasteiger partial charge in [0.05, 0.1) is 0 Å². The molecular weight excluding hydrogens is 158 g/mol. The summed E-state index contributed by atoms with van der Waals surface area (Å²) >= 11 is 3.64. The van der Waals surface area contributed by atoms with Gasteiger partial charge in [-0.1, -0.05) is 0 Å². The third-order valence-corrected chi connectivity index (χ3v) is 1.50. The Kier molecular flexibility index (Phi) is 1.69. The van der Waals surface area contributed by atoms with Crippen molar-refractivity contribution < 1.29 is 16.0 Å². The van der Waals surface area contributed by atoms with Gasteiger partial charge in [0.2, 0.25) is 0 Å². The summed E-state index contributed by atoms with van der Waals surface area (Å²) in [6.45, 7) is 0. The summed E-state index contributed by atoms with van der Waals surface area (Å²) in [5.74, 6) is 0.558. The molecule has 0 radical (unpaired) electrons. The molecule has 1 atom stereocenters. The molecule has 0 fully saturated rings. The van der Waals surface area contributed by atoms with Crippen molar-refractivity contribution in [2.45, 2.75) is 4.82 Å². The molecule has 0 aromatic heterocycles. The van der Waals surface area contributed by atoms with Crippen LogP contribution in [0.2, 0.25) is 4.82 Å². The van der Waals surface area contributed by atoms with E-state index < -0.39 is 0 Å². The van der Waals surface area contributed by atoms with E-state index in [1.165, 1.54) is 0 Å². The van der Waals surface area contributed by atoms with E-state index in [4.69, 9.17) is 10.8 Å². The van der Waals surface area contributed by atoms with Crippen LogP contribution in [0.5, 0.6) is 0 Å². The van der Waals surface area contributed by atoms with Crippen molar-refractivity contribution in [1.29, 1.82) is 10.8 Å². The van der Waals surface area contributed by atoms with Crippen molar-refractivity contribution in [3.63, 3.8) is 0 Å². The van der Waals surface area contributed by atoms with Gasteiger partial charge in [0, 0.05) is 0 Å². The van der Waals surface area contributed by atoms with Gasteiger partial charge in [-0.3, -0.25) is 0 Å². The molecule has 4 heteroatoms. The topological polar surface area (TPSA) is 59.7 Å². The number of nitrogens with one attached hydrogen (secondary N) is 3. The molecule has 3 N–H and O–H groups in total. The van der Waals surface area contributed by atoms with Crippen LogP contribution in [0.1, 0.15) is 0 Å². The fraction of sp³-hybridized carbons (Fsp3) is 0.200. The van der Waals surface area contributed by atoms with Crippen molar-refractivity contribution in [1.82, 2.24) is 5.32 Å². The van der Waals surface area contributed by atoms with E-state index in [1.807, 2.05) is 0 Å². The van der Waals surface area contributed by atoms with Crippen LogP contribution in [0.15, 0.2) is 12.2 Å². The molecule has 49 valence electrons. The Balaban J connectivity index is 2.76. The van der Waals surface area contributed by atoms with E-state index in [0.717, 1.165) is 0 Å². The molecule has 1 rings (SSSR count). The van der Waals surface area contributed by atoms with Crippen LogP contribution in [0, 0.1) is 10.8 Å². The zero-order chi connectivity index (χ0) is 6.85. The molecule has 1 aliphatic heterocycles. The third-order valence-electron chi connectivity index (χ3n) is 0.965. The second-order valence-corrected chi connectivity index (χ2v) is 2.38. The van der Waals surface area contributed by atoms with Crippen molar-refractivity contribution in [3.05, 3.63) is 12.2 Å². The molecule has 0 aromatic rings.